The zero-order valence-electron chi connectivity index (χ0n) is 23.1. The molecule has 0 spiro atoms. The highest BCUT2D eigenvalue weighted by Crippen LogP contribution is 2.34. The predicted molar refractivity (Wildman–Crippen MR) is 155 cm³/mol. The first kappa shape index (κ1) is 28.2. The van der Waals surface area contributed by atoms with Gasteiger partial charge in [-0.1, -0.05) is 6.07 Å². The van der Waals surface area contributed by atoms with Gasteiger partial charge < -0.3 is 19.7 Å². The molecule has 0 atom stereocenters. The topological polar surface area (TPSA) is 88.2 Å². The molecule has 1 saturated heterocycles. The van der Waals surface area contributed by atoms with Crippen LogP contribution in [-0.2, 0) is 25.5 Å². The number of methoxy groups -OCH3 is 1. The number of fused-ring (bicyclic) bond motifs is 1. The molecule has 1 amide bonds. The highest BCUT2D eigenvalue weighted by molar-refractivity contribution is 6.19. The van der Waals surface area contributed by atoms with Crippen LogP contribution in [0.4, 0.5) is 15.8 Å². The third-order valence-corrected chi connectivity index (χ3v) is 7.47. The van der Waals surface area contributed by atoms with E-state index in [-0.39, 0.29) is 5.91 Å². The van der Waals surface area contributed by atoms with Gasteiger partial charge in [-0.15, -0.1) is 0 Å². The van der Waals surface area contributed by atoms with Crippen molar-refractivity contribution in [1.82, 2.24) is 4.90 Å². The number of morpholine rings is 1. The Kier molecular flexibility index (Phi) is 8.56. The molecule has 2 heterocycles. The van der Waals surface area contributed by atoms with Crippen molar-refractivity contribution in [3.63, 3.8) is 0 Å². The molecular formula is C32H32FN3O5. The van der Waals surface area contributed by atoms with Crippen LogP contribution in [0.1, 0.15) is 32.6 Å². The third kappa shape index (κ3) is 6.21. The molecule has 3 aromatic rings. The van der Waals surface area contributed by atoms with Crippen molar-refractivity contribution in [2.24, 2.45) is 0 Å². The van der Waals surface area contributed by atoms with Gasteiger partial charge >= 0.3 is 5.97 Å². The largest absolute Gasteiger partial charge is 0.465 e. The van der Waals surface area contributed by atoms with Gasteiger partial charge in [-0.05, 0) is 90.2 Å². The van der Waals surface area contributed by atoms with Gasteiger partial charge in [-0.25, -0.2) is 9.18 Å². The van der Waals surface area contributed by atoms with Crippen molar-refractivity contribution in [2.45, 2.75) is 13.3 Å². The summed E-state index contributed by atoms with van der Waals surface area (Å²) in [6.07, 6.45) is 1.47. The Bertz CT molecular complexity index is 1500. The summed E-state index contributed by atoms with van der Waals surface area (Å²) in [5.41, 5.74) is 5.81. The molecule has 41 heavy (non-hydrogen) atoms. The summed E-state index contributed by atoms with van der Waals surface area (Å²) in [6.45, 7) is 5.55. The fourth-order valence-corrected chi connectivity index (χ4v) is 5.30. The maximum atomic E-state index is 13.8. The molecule has 1 N–H and O–H groups in total. The van der Waals surface area contributed by atoms with E-state index in [1.165, 1.54) is 19.2 Å². The van der Waals surface area contributed by atoms with Crippen LogP contribution in [0.25, 0.3) is 11.3 Å². The Balaban J connectivity index is 1.47. The van der Waals surface area contributed by atoms with Crippen LogP contribution in [0.3, 0.4) is 0 Å². The number of esters is 1. The van der Waals surface area contributed by atoms with Crippen LogP contribution >= 0.6 is 0 Å². The first-order valence-corrected chi connectivity index (χ1v) is 13.5. The predicted octanol–water partition coefficient (Wildman–Crippen LogP) is 4.32. The number of ether oxygens (including phenoxy) is 2. The van der Waals surface area contributed by atoms with Crippen LogP contribution in [0.2, 0.25) is 0 Å². The normalized spacial score (nSPS) is 15.6. The number of aldehydes is 1. The van der Waals surface area contributed by atoms with Crippen molar-refractivity contribution in [3.8, 4) is 0 Å². The Hall–Kier alpha value is -4.34. The van der Waals surface area contributed by atoms with E-state index in [1.54, 1.807) is 30.3 Å². The molecule has 5 rings (SSSR count). The minimum atomic E-state index is -0.469. The maximum absolute atomic E-state index is 13.8. The summed E-state index contributed by atoms with van der Waals surface area (Å²) in [4.78, 5) is 41.6. The molecule has 0 bridgehead atoms. The number of amides is 1. The molecule has 0 radical (unpaired) electrons. The van der Waals surface area contributed by atoms with Crippen molar-refractivity contribution >= 4 is 40.8 Å². The number of rotatable bonds is 8. The average molecular weight is 558 g/mol. The zero-order chi connectivity index (χ0) is 28.9. The first-order chi connectivity index (χ1) is 19.9. The Labute approximate surface area is 238 Å². The van der Waals surface area contributed by atoms with Crippen molar-refractivity contribution in [2.75, 3.05) is 56.7 Å². The molecular weight excluding hydrogens is 525 g/mol. The van der Waals surface area contributed by atoms with Crippen molar-refractivity contribution < 1.29 is 28.2 Å². The van der Waals surface area contributed by atoms with E-state index in [0.717, 1.165) is 36.3 Å². The molecule has 3 aromatic carbocycles. The van der Waals surface area contributed by atoms with Gasteiger partial charge in [-0.3, -0.25) is 14.5 Å². The lowest BCUT2D eigenvalue weighted by Gasteiger charge is -2.28. The number of nitrogens with zero attached hydrogens (tertiary/aromatic N) is 2. The number of carbonyl (C=O) groups is 3. The van der Waals surface area contributed by atoms with Crippen molar-refractivity contribution in [3.05, 3.63) is 94.3 Å². The molecule has 1 fully saturated rings. The number of carbonyl (C=O) groups excluding carboxylic acids is 3. The summed E-state index contributed by atoms with van der Waals surface area (Å²) >= 11 is 0. The van der Waals surface area contributed by atoms with Gasteiger partial charge in [-0.2, -0.15) is 0 Å². The van der Waals surface area contributed by atoms with Crippen LogP contribution in [-0.4, -0.2) is 69.6 Å². The molecule has 2 aliphatic rings. The van der Waals surface area contributed by atoms with Crippen LogP contribution in [0.5, 0.6) is 0 Å². The van der Waals surface area contributed by atoms with Crippen molar-refractivity contribution in [1.29, 1.82) is 0 Å². The molecule has 9 heteroatoms. The smallest absolute Gasteiger partial charge is 0.337 e. The number of halogens is 1. The molecule has 8 nitrogen and oxygen atoms in total. The summed E-state index contributed by atoms with van der Waals surface area (Å²) in [5, 5.41) is 3.39. The second-order valence-electron chi connectivity index (χ2n) is 10.1. The molecule has 0 unspecified atom stereocenters. The Morgan fingerprint density at radius 3 is 2.41 bits per heavy atom. The number of anilines is 2. The fourth-order valence-electron chi connectivity index (χ4n) is 5.30. The van der Waals surface area contributed by atoms with Gasteiger partial charge in [0, 0.05) is 36.6 Å². The third-order valence-electron chi connectivity index (χ3n) is 7.47. The van der Waals surface area contributed by atoms with E-state index in [0.29, 0.717) is 66.2 Å². The maximum Gasteiger partial charge on any atom is 0.337 e. The average Bonchev–Trinajstić information content (AvgIpc) is 3.42. The summed E-state index contributed by atoms with van der Waals surface area (Å²) in [6, 6.07) is 16.7. The summed E-state index contributed by atoms with van der Waals surface area (Å²) in [5.74, 6) is -0.796. The zero-order valence-corrected chi connectivity index (χ0v) is 23.1. The van der Waals surface area contributed by atoms with Gasteiger partial charge in [0.1, 0.15) is 5.82 Å². The summed E-state index contributed by atoms with van der Waals surface area (Å²) < 4.78 is 24.0. The van der Waals surface area contributed by atoms with E-state index in [9.17, 15) is 18.8 Å². The number of allylic oxidation sites excluding steroid dienone is 1. The second kappa shape index (κ2) is 12.4. The Morgan fingerprint density at radius 2 is 1.73 bits per heavy atom. The van der Waals surface area contributed by atoms with Gasteiger partial charge in [0.15, 0.2) is 6.29 Å². The van der Waals surface area contributed by atoms with Gasteiger partial charge in [0.05, 0.1) is 38.1 Å². The van der Waals surface area contributed by atoms with Gasteiger partial charge in [0.2, 0.25) is 5.91 Å². The highest BCUT2D eigenvalue weighted by atomic mass is 19.1. The monoisotopic (exact) mass is 557 g/mol. The highest BCUT2D eigenvalue weighted by Gasteiger charge is 2.27. The van der Waals surface area contributed by atoms with E-state index in [1.807, 2.05) is 30.0 Å². The lowest BCUT2D eigenvalue weighted by atomic mass is 9.95. The molecule has 0 aliphatic carbocycles. The number of hydrogen-bond acceptors (Lipinski definition) is 7. The van der Waals surface area contributed by atoms with E-state index < -0.39 is 11.8 Å². The fraction of sp³-hybridized carbons (Fsp3) is 0.281. The minimum absolute atomic E-state index is 0.0624. The standard InChI is InChI=1S/C32H32FN3O5/c1-21-17-24(32(39)40-2)5-9-27(21)28(20-37)31(22-3-6-25(33)7-4-22)34-26-8-10-29-23(18-26)11-12-36(29)30(38)19-35-13-15-41-16-14-35/h3-10,17-18,20,34H,11-16,19H2,1-2H3/b31-28+. The SMILES string of the molecule is COC(=O)c1ccc(/C(C=O)=C(/Nc2ccc3c(c2)CCN3C(=O)CN2CCOCC2)c2ccc(F)cc2)c(C)c1. The molecule has 212 valence electrons. The van der Waals surface area contributed by atoms with E-state index in [2.05, 4.69) is 10.2 Å². The lowest BCUT2D eigenvalue weighted by Crippen LogP contribution is -2.44. The molecule has 2 aliphatic heterocycles. The quantitative estimate of drug-likeness (QED) is 0.191. The second-order valence-corrected chi connectivity index (χ2v) is 10.1. The van der Waals surface area contributed by atoms with Crippen LogP contribution < -0.4 is 10.2 Å². The molecule has 0 aromatic heterocycles. The van der Waals surface area contributed by atoms with E-state index >= 15 is 0 Å². The number of benzene rings is 3. The van der Waals surface area contributed by atoms with E-state index in [4.69, 9.17) is 9.47 Å². The van der Waals surface area contributed by atoms with Crippen LogP contribution in [0.15, 0.2) is 60.7 Å². The number of aryl methyl sites for hydroxylation is 1. The Morgan fingerprint density at radius 1 is 1.00 bits per heavy atom. The lowest BCUT2D eigenvalue weighted by molar-refractivity contribution is -0.120. The molecule has 0 saturated carbocycles. The van der Waals surface area contributed by atoms with Gasteiger partial charge in [0.25, 0.3) is 0 Å². The number of hydrogen-bond donors (Lipinski definition) is 1. The first-order valence-electron chi connectivity index (χ1n) is 13.5. The minimum Gasteiger partial charge on any atom is -0.465 e. The number of nitrogens with one attached hydrogen (secondary N) is 1. The van der Waals surface area contributed by atoms with Crippen LogP contribution in [0, 0.1) is 12.7 Å². The summed E-state index contributed by atoms with van der Waals surface area (Å²) in [7, 11) is 1.31.